The summed E-state index contributed by atoms with van der Waals surface area (Å²) in [4.78, 5) is 29.0. The van der Waals surface area contributed by atoms with E-state index in [4.69, 9.17) is 9.15 Å². The van der Waals surface area contributed by atoms with Crippen molar-refractivity contribution in [2.45, 2.75) is 12.5 Å². The first-order valence-electron chi connectivity index (χ1n) is 12.0. The summed E-state index contributed by atoms with van der Waals surface area (Å²) in [5.74, 6) is -0.132. The first kappa shape index (κ1) is 25.2. The van der Waals surface area contributed by atoms with Crippen molar-refractivity contribution in [2.24, 2.45) is 0 Å². The first-order valence-corrected chi connectivity index (χ1v) is 12.0. The lowest BCUT2D eigenvalue weighted by molar-refractivity contribution is -0.139. The number of piperazine rings is 1. The summed E-state index contributed by atoms with van der Waals surface area (Å²) in [5.41, 5.74) is 1.62. The number of carbonyl (C=O) groups is 2. The van der Waals surface area contributed by atoms with E-state index in [1.165, 1.54) is 6.07 Å². The minimum Gasteiger partial charge on any atom is -0.497 e. The summed E-state index contributed by atoms with van der Waals surface area (Å²) in [7, 11) is 1.61. The van der Waals surface area contributed by atoms with Crippen molar-refractivity contribution in [1.82, 2.24) is 15.5 Å². The average molecular weight is 495 g/mol. The number of carbonyl (C=O) groups excluding carboxylic acids is 2. The van der Waals surface area contributed by atoms with Crippen molar-refractivity contribution in [3.8, 4) is 5.75 Å². The summed E-state index contributed by atoms with van der Waals surface area (Å²) in [5, 5.41) is 5.41. The molecule has 2 amide bonds. The molecule has 0 saturated carbocycles. The fourth-order valence-electron chi connectivity index (χ4n) is 4.34. The van der Waals surface area contributed by atoms with E-state index in [0.717, 1.165) is 11.3 Å². The normalized spacial score (nSPS) is 14.8. The molecule has 9 heteroatoms. The lowest BCUT2D eigenvalue weighted by Gasteiger charge is -2.39. The third-order valence-corrected chi connectivity index (χ3v) is 6.34. The molecule has 3 aromatic rings. The van der Waals surface area contributed by atoms with E-state index in [0.29, 0.717) is 50.6 Å². The van der Waals surface area contributed by atoms with E-state index in [9.17, 15) is 14.0 Å². The number of benzene rings is 2. The van der Waals surface area contributed by atoms with E-state index < -0.39 is 11.8 Å². The highest BCUT2D eigenvalue weighted by Crippen LogP contribution is 2.25. The monoisotopic (exact) mass is 494 g/mol. The molecule has 1 aliphatic rings. The minimum absolute atomic E-state index is 0.220. The Morgan fingerprint density at radius 1 is 0.972 bits per heavy atom. The van der Waals surface area contributed by atoms with E-state index in [2.05, 4.69) is 15.5 Å². The van der Waals surface area contributed by atoms with Crippen LogP contribution < -0.4 is 20.3 Å². The molecule has 4 rings (SSSR count). The Hall–Kier alpha value is -3.85. The summed E-state index contributed by atoms with van der Waals surface area (Å²) < 4.78 is 25.0. The van der Waals surface area contributed by atoms with E-state index in [1.54, 1.807) is 31.6 Å². The van der Waals surface area contributed by atoms with Crippen LogP contribution in [0.3, 0.4) is 0 Å². The number of furan rings is 1. The van der Waals surface area contributed by atoms with Gasteiger partial charge in [-0.1, -0.05) is 24.3 Å². The van der Waals surface area contributed by atoms with E-state index in [-0.39, 0.29) is 18.4 Å². The second kappa shape index (κ2) is 12.2. The molecule has 2 aromatic carbocycles. The Kier molecular flexibility index (Phi) is 8.57. The number of halogens is 1. The van der Waals surface area contributed by atoms with Crippen molar-refractivity contribution in [3.05, 3.63) is 84.1 Å². The average Bonchev–Trinajstić information content (AvgIpc) is 3.44. The third kappa shape index (κ3) is 6.42. The number of hydrogen-bond donors (Lipinski definition) is 2. The fourth-order valence-corrected chi connectivity index (χ4v) is 4.34. The van der Waals surface area contributed by atoms with Crippen LogP contribution in [0.15, 0.2) is 71.3 Å². The summed E-state index contributed by atoms with van der Waals surface area (Å²) >= 11 is 0. The molecule has 1 aromatic heterocycles. The summed E-state index contributed by atoms with van der Waals surface area (Å²) in [6, 6.07) is 17.7. The van der Waals surface area contributed by atoms with Crippen LogP contribution in [-0.2, 0) is 16.0 Å². The number of para-hydroxylation sites is 1. The number of hydrogen-bond acceptors (Lipinski definition) is 6. The van der Waals surface area contributed by atoms with Gasteiger partial charge in [0.25, 0.3) is 0 Å². The number of ether oxygens (including phenoxy) is 1. The molecule has 2 N–H and O–H groups in total. The second-order valence-corrected chi connectivity index (χ2v) is 8.57. The summed E-state index contributed by atoms with van der Waals surface area (Å²) in [6.45, 7) is 3.15. The highest BCUT2D eigenvalue weighted by Gasteiger charge is 2.28. The van der Waals surface area contributed by atoms with Crippen LogP contribution in [-0.4, -0.2) is 63.1 Å². The third-order valence-electron chi connectivity index (χ3n) is 6.34. The molecule has 0 radical (unpaired) electrons. The predicted octanol–water partition coefficient (Wildman–Crippen LogP) is 2.77. The molecule has 0 unspecified atom stereocenters. The highest BCUT2D eigenvalue weighted by molar-refractivity contribution is 6.35. The van der Waals surface area contributed by atoms with Gasteiger partial charge in [0.05, 0.1) is 25.1 Å². The zero-order valence-electron chi connectivity index (χ0n) is 20.3. The van der Waals surface area contributed by atoms with Gasteiger partial charge in [-0.05, 0) is 48.4 Å². The SMILES string of the molecule is COc1ccc(CCNC(=O)C(=O)NC[C@H](c2ccco2)N2CCN(c3ccccc3F)CC2)cc1. The molecule has 1 atom stereocenters. The molecule has 190 valence electrons. The topological polar surface area (TPSA) is 87.0 Å². The molecule has 0 bridgehead atoms. The molecule has 1 fully saturated rings. The van der Waals surface area contributed by atoms with Gasteiger partial charge in [-0.15, -0.1) is 0 Å². The van der Waals surface area contributed by atoms with Crippen LogP contribution in [0.2, 0.25) is 0 Å². The maximum atomic E-state index is 14.2. The lowest BCUT2D eigenvalue weighted by atomic mass is 10.1. The van der Waals surface area contributed by atoms with Gasteiger partial charge in [-0.2, -0.15) is 0 Å². The molecule has 1 saturated heterocycles. The highest BCUT2D eigenvalue weighted by atomic mass is 19.1. The molecular formula is C27H31FN4O4. The van der Waals surface area contributed by atoms with Gasteiger partial charge >= 0.3 is 11.8 Å². The molecule has 2 heterocycles. The van der Waals surface area contributed by atoms with Gasteiger partial charge in [0.15, 0.2) is 0 Å². The number of rotatable bonds is 9. The predicted molar refractivity (Wildman–Crippen MR) is 134 cm³/mol. The zero-order chi connectivity index (χ0) is 25.3. The molecule has 8 nitrogen and oxygen atoms in total. The van der Waals surface area contributed by atoms with E-state index >= 15 is 0 Å². The Balaban J connectivity index is 1.27. The van der Waals surface area contributed by atoms with Crippen LogP contribution in [0.4, 0.5) is 10.1 Å². The van der Waals surface area contributed by atoms with Crippen LogP contribution >= 0.6 is 0 Å². The first-order chi connectivity index (χ1) is 17.5. The minimum atomic E-state index is -0.689. The van der Waals surface area contributed by atoms with Gasteiger partial charge in [0, 0.05) is 39.3 Å². The van der Waals surface area contributed by atoms with Gasteiger partial charge < -0.3 is 24.7 Å². The Morgan fingerprint density at radius 2 is 1.69 bits per heavy atom. The number of methoxy groups -OCH3 is 1. The largest absolute Gasteiger partial charge is 0.497 e. The quantitative estimate of drug-likeness (QED) is 0.445. The number of amides is 2. The molecule has 36 heavy (non-hydrogen) atoms. The smallest absolute Gasteiger partial charge is 0.309 e. The zero-order valence-corrected chi connectivity index (χ0v) is 20.3. The molecule has 0 aliphatic carbocycles. The number of nitrogens with zero attached hydrogens (tertiary/aromatic N) is 2. The molecular weight excluding hydrogens is 463 g/mol. The Morgan fingerprint density at radius 3 is 2.36 bits per heavy atom. The van der Waals surface area contributed by atoms with Crippen LogP contribution in [0.5, 0.6) is 5.75 Å². The van der Waals surface area contributed by atoms with Crippen molar-refractivity contribution >= 4 is 17.5 Å². The Labute approximate surface area is 210 Å². The number of anilines is 1. The number of nitrogens with one attached hydrogen (secondary N) is 2. The van der Waals surface area contributed by atoms with Crippen LogP contribution in [0, 0.1) is 5.82 Å². The fraction of sp³-hybridized carbons (Fsp3) is 0.333. The maximum Gasteiger partial charge on any atom is 0.309 e. The molecule has 0 spiro atoms. The van der Waals surface area contributed by atoms with Gasteiger partial charge in [0.2, 0.25) is 0 Å². The Bertz CT molecular complexity index is 1130. The summed E-state index contributed by atoms with van der Waals surface area (Å²) in [6.07, 6.45) is 2.19. The van der Waals surface area contributed by atoms with E-state index in [1.807, 2.05) is 41.3 Å². The van der Waals surface area contributed by atoms with Crippen molar-refractivity contribution in [1.29, 1.82) is 0 Å². The van der Waals surface area contributed by atoms with Crippen LogP contribution in [0.25, 0.3) is 0 Å². The molecule has 1 aliphatic heterocycles. The van der Waals surface area contributed by atoms with Gasteiger partial charge in [-0.3, -0.25) is 14.5 Å². The standard InChI is InChI=1S/C27H31FN4O4/c1-35-21-10-8-20(9-11-21)12-13-29-26(33)27(34)30-19-24(25-7-4-18-36-25)32-16-14-31(15-17-32)23-6-3-2-5-22(23)28/h2-11,18,24H,12-17,19H2,1H3,(H,29,33)(H,30,34)/t24-/m1/s1. The van der Waals surface area contributed by atoms with Crippen molar-refractivity contribution in [3.63, 3.8) is 0 Å². The maximum absolute atomic E-state index is 14.2. The lowest BCUT2D eigenvalue weighted by Crippen LogP contribution is -2.51. The van der Waals surface area contributed by atoms with Crippen molar-refractivity contribution < 1.29 is 23.1 Å². The van der Waals surface area contributed by atoms with Crippen LogP contribution in [0.1, 0.15) is 17.4 Å². The second-order valence-electron chi connectivity index (χ2n) is 8.57. The van der Waals surface area contributed by atoms with Crippen molar-refractivity contribution in [2.75, 3.05) is 51.3 Å². The van der Waals surface area contributed by atoms with Gasteiger partial charge in [-0.25, -0.2) is 4.39 Å². The van der Waals surface area contributed by atoms with Gasteiger partial charge in [0.1, 0.15) is 17.3 Å².